The van der Waals surface area contributed by atoms with Crippen LogP contribution in [0.2, 0.25) is 0 Å². The summed E-state index contributed by atoms with van der Waals surface area (Å²) >= 11 is 0. The van der Waals surface area contributed by atoms with E-state index in [2.05, 4.69) is 20.8 Å². The van der Waals surface area contributed by atoms with Gasteiger partial charge in [-0.15, -0.1) is 0 Å². The van der Waals surface area contributed by atoms with Gasteiger partial charge in [0.2, 0.25) is 0 Å². The minimum absolute atomic E-state index is 1.08. The van der Waals surface area contributed by atoms with E-state index in [0.29, 0.717) is 0 Å². The summed E-state index contributed by atoms with van der Waals surface area (Å²) in [7, 11) is 0. The van der Waals surface area contributed by atoms with Crippen molar-refractivity contribution >= 4 is 0 Å². The third-order valence-corrected chi connectivity index (χ3v) is 2.07. The molecule has 1 aliphatic rings. The molecule has 0 aliphatic heterocycles. The SMILES string of the molecule is CC.CC.CC1CC1.CCCCCCC. The Balaban J connectivity index is -0.000000152. The van der Waals surface area contributed by atoms with Gasteiger partial charge in [0, 0.05) is 0 Å². The van der Waals surface area contributed by atoms with Crippen molar-refractivity contribution in [2.45, 2.75) is 93.4 Å². The Kier molecular flexibility index (Phi) is 32.2. The molecule has 0 nitrogen and oxygen atoms in total. The van der Waals surface area contributed by atoms with E-state index in [-0.39, 0.29) is 0 Å². The van der Waals surface area contributed by atoms with Gasteiger partial charge in [-0.1, -0.05) is 93.4 Å². The summed E-state index contributed by atoms with van der Waals surface area (Å²) in [5.41, 5.74) is 0. The summed E-state index contributed by atoms with van der Waals surface area (Å²) in [6.07, 6.45) is 9.98. The predicted octanol–water partition coefficient (Wildman–Crippen LogP) is 6.45. The Morgan fingerprint density at radius 2 is 1.00 bits per heavy atom. The third-order valence-electron chi connectivity index (χ3n) is 2.07. The van der Waals surface area contributed by atoms with Gasteiger partial charge in [0.05, 0.1) is 0 Å². The summed E-state index contributed by atoms with van der Waals surface area (Å²) in [5.74, 6) is 1.08. The summed E-state index contributed by atoms with van der Waals surface area (Å²) in [5, 5.41) is 0. The molecule has 0 N–H and O–H groups in total. The van der Waals surface area contributed by atoms with Crippen LogP contribution < -0.4 is 0 Å². The average molecular weight is 216 g/mol. The second kappa shape index (κ2) is 23.7. The molecule has 0 aromatic rings. The van der Waals surface area contributed by atoms with E-state index in [1.165, 1.54) is 44.9 Å². The molecule has 0 saturated heterocycles. The van der Waals surface area contributed by atoms with Gasteiger partial charge in [-0.2, -0.15) is 0 Å². The zero-order valence-corrected chi connectivity index (χ0v) is 12.5. The van der Waals surface area contributed by atoms with Crippen LogP contribution in [0.15, 0.2) is 0 Å². The van der Waals surface area contributed by atoms with Crippen LogP contribution in [0.5, 0.6) is 0 Å². The van der Waals surface area contributed by atoms with Crippen LogP contribution in [0.25, 0.3) is 0 Å². The van der Waals surface area contributed by atoms with E-state index in [1.807, 2.05) is 27.7 Å². The molecule has 1 fully saturated rings. The fourth-order valence-corrected chi connectivity index (χ4v) is 0.843. The lowest BCUT2D eigenvalue weighted by molar-refractivity contribution is 0.656. The number of rotatable bonds is 4. The first-order chi connectivity index (χ1) is 7.31. The number of hydrogen-bond acceptors (Lipinski definition) is 0. The fraction of sp³-hybridized carbons (Fsp3) is 1.00. The monoisotopic (exact) mass is 216 g/mol. The van der Waals surface area contributed by atoms with Crippen molar-refractivity contribution in [3.8, 4) is 0 Å². The Morgan fingerprint density at radius 3 is 1.13 bits per heavy atom. The zero-order chi connectivity index (χ0) is 12.5. The van der Waals surface area contributed by atoms with Crippen molar-refractivity contribution in [1.82, 2.24) is 0 Å². The van der Waals surface area contributed by atoms with Crippen LogP contribution in [0.4, 0.5) is 0 Å². The molecule has 15 heavy (non-hydrogen) atoms. The first kappa shape index (κ1) is 20.4. The van der Waals surface area contributed by atoms with Crippen LogP contribution >= 0.6 is 0 Å². The second-order valence-electron chi connectivity index (χ2n) is 3.74. The molecule has 0 heterocycles. The highest BCUT2D eigenvalue weighted by atomic mass is 14.2. The van der Waals surface area contributed by atoms with E-state index in [0.717, 1.165) is 5.92 Å². The van der Waals surface area contributed by atoms with Crippen molar-refractivity contribution in [3.63, 3.8) is 0 Å². The maximum atomic E-state index is 2.28. The Hall–Kier alpha value is 0. The van der Waals surface area contributed by atoms with E-state index in [9.17, 15) is 0 Å². The van der Waals surface area contributed by atoms with Crippen LogP contribution in [-0.4, -0.2) is 0 Å². The maximum Gasteiger partial charge on any atom is -0.0443 e. The lowest BCUT2D eigenvalue weighted by Gasteiger charge is -1.90. The molecule has 0 bridgehead atoms. The normalized spacial score (nSPS) is 12.2. The molecule has 0 unspecified atom stereocenters. The van der Waals surface area contributed by atoms with Crippen molar-refractivity contribution in [2.24, 2.45) is 5.92 Å². The Bertz CT molecular complexity index is 58.4. The average Bonchev–Trinajstić information content (AvgIpc) is 3.08. The van der Waals surface area contributed by atoms with Crippen molar-refractivity contribution in [2.75, 3.05) is 0 Å². The Labute approximate surface area is 99.9 Å². The molecule has 0 amide bonds. The highest BCUT2D eigenvalue weighted by molar-refractivity contribution is 4.65. The first-order valence-corrected chi connectivity index (χ1v) is 7.31. The highest BCUT2D eigenvalue weighted by Crippen LogP contribution is 2.26. The van der Waals surface area contributed by atoms with Crippen molar-refractivity contribution < 1.29 is 0 Å². The molecule has 0 atom stereocenters. The molecular weight excluding hydrogens is 180 g/mol. The van der Waals surface area contributed by atoms with E-state index in [1.54, 1.807) is 0 Å². The maximum absolute atomic E-state index is 2.28. The lowest BCUT2D eigenvalue weighted by Crippen LogP contribution is -1.70. The van der Waals surface area contributed by atoms with Crippen molar-refractivity contribution in [3.05, 3.63) is 0 Å². The lowest BCUT2D eigenvalue weighted by atomic mass is 10.2. The molecule has 0 aromatic carbocycles. The Morgan fingerprint density at radius 1 is 0.733 bits per heavy atom. The molecule has 0 spiro atoms. The van der Waals surface area contributed by atoms with E-state index >= 15 is 0 Å². The summed E-state index contributed by atoms with van der Waals surface area (Å²) in [4.78, 5) is 0. The minimum Gasteiger partial charge on any atom is -0.0683 e. The van der Waals surface area contributed by atoms with E-state index < -0.39 is 0 Å². The molecule has 0 radical (unpaired) electrons. The van der Waals surface area contributed by atoms with Gasteiger partial charge in [-0.3, -0.25) is 0 Å². The van der Waals surface area contributed by atoms with Gasteiger partial charge < -0.3 is 0 Å². The van der Waals surface area contributed by atoms with Crippen molar-refractivity contribution in [1.29, 1.82) is 0 Å². The fourth-order valence-electron chi connectivity index (χ4n) is 0.843. The minimum atomic E-state index is 1.08. The molecule has 0 aromatic heterocycles. The predicted molar refractivity (Wildman–Crippen MR) is 75.5 cm³/mol. The summed E-state index contributed by atoms with van der Waals surface area (Å²) < 4.78 is 0. The molecule has 1 rings (SSSR count). The smallest absolute Gasteiger partial charge is 0.0443 e. The van der Waals surface area contributed by atoms with E-state index in [4.69, 9.17) is 0 Å². The summed E-state index contributed by atoms with van der Waals surface area (Å²) in [6.45, 7) is 14.8. The zero-order valence-electron chi connectivity index (χ0n) is 12.5. The molecule has 1 saturated carbocycles. The molecule has 1 aliphatic carbocycles. The largest absolute Gasteiger partial charge is 0.0683 e. The van der Waals surface area contributed by atoms with Gasteiger partial charge in [0.15, 0.2) is 0 Å². The van der Waals surface area contributed by atoms with Crippen LogP contribution in [0.3, 0.4) is 0 Å². The van der Waals surface area contributed by atoms with Gasteiger partial charge in [-0.05, 0) is 5.92 Å². The third kappa shape index (κ3) is 41.1. The number of hydrogen-bond donors (Lipinski definition) is 0. The van der Waals surface area contributed by atoms with Crippen LogP contribution in [-0.2, 0) is 0 Å². The highest BCUT2D eigenvalue weighted by Gasteiger charge is 2.12. The standard InChI is InChI=1S/C7H16.C4H8.2C2H6/c1-3-5-7-6-4-2;1-4-2-3-4;2*1-2/h3-7H2,1-2H3;4H,2-3H2,1H3;2*1-2H3. The molecular formula is C15H36. The quantitative estimate of drug-likeness (QED) is 0.474. The molecule has 0 heteroatoms. The van der Waals surface area contributed by atoms with Crippen LogP contribution in [0, 0.1) is 5.92 Å². The summed E-state index contributed by atoms with van der Waals surface area (Å²) in [6, 6.07) is 0. The van der Waals surface area contributed by atoms with Crippen LogP contribution in [0.1, 0.15) is 93.4 Å². The van der Waals surface area contributed by atoms with Gasteiger partial charge in [0.1, 0.15) is 0 Å². The molecule has 96 valence electrons. The topological polar surface area (TPSA) is 0 Å². The first-order valence-electron chi connectivity index (χ1n) is 7.31. The van der Waals surface area contributed by atoms with Gasteiger partial charge >= 0.3 is 0 Å². The second-order valence-corrected chi connectivity index (χ2v) is 3.74. The van der Waals surface area contributed by atoms with Gasteiger partial charge in [-0.25, -0.2) is 0 Å². The van der Waals surface area contributed by atoms with Gasteiger partial charge in [0.25, 0.3) is 0 Å². The number of unbranched alkanes of at least 4 members (excludes halogenated alkanes) is 4.